The van der Waals surface area contributed by atoms with Crippen molar-refractivity contribution in [1.82, 2.24) is 9.78 Å². The van der Waals surface area contributed by atoms with Gasteiger partial charge in [0.25, 0.3) is 0 Å². The number of anilines is 2. The van der Waals surface area contributed by atoms with Crippen LogP contribution in [0.15, 0.2) is 0 Å². The SMILES string of the molecule is CCCc1nn(C)c(N2CC(C)(C)OC(C)(C)C2)c1N. The molecule has 2 rings (SSSR count). The Labute approximate surface area is 122 Å². The van der Waals surface area contributed by atoms with Gasteiger partial charge in [0.05, 0.1) is 22.6 Å². The molecule has 2 heterocycles. The summed E-state index contributed by atoms with van der Waals surface area (Å²) in [5.74, 6) is 1.03. The van der Waals surface area contributed by atoms with Crippen molar-refractivity contribution in [1.29, 1.82) is 0 Å². The lowest BCUT2D eigenvalue weighted by molar-refractivity contribution is -0.133. The van der Waals surface area contributed by atoms with E-state index in [0.717, 1.165) is 43.1 Å². The molecule has 0 bridgehead atoms. The average Bonchev–Trinajstić information content (AvgIpc) is 2.50. The Morgan fingerprint density at radius 1 is 1.20 bits per heavy atom. The molecule has 5 heteroatoms. The topological polar surface area (TPSA) is 56.3 Å². The van der Waals surface area contributed by atoms with E-state index in [1.165, 1.54) is 0 Å². The highest BCUT2D eigenvalue weighted by Crippen LogP contribution is 2.35. The van der Waals surface area contributed by atoms with E-state index in [2.05, 4.69) is 44.6 Å². The predicted molar refractivity (Wildman–Crippen MR) is 83.1 cm³/mol. The first-order valence-electron chi connectivity index (χ1n) is 7.42. The van der Waals surface area contributed by atoms with Crippen LogP contribution in [0.25, 0.3) is 0 Å². The van der Waals surface area contributed by atoms with Crippen molar-refractivity contribution < 1.29 is 4.74 Å². The fourth-order valence-electron chi connectivity index (χ4n) is 3.32. The summed E-state index contributed by atoms with van der Waals surface area (Å²) >= 11 is 0. The van der Waals surface area contributed by atoms with Crippen LogP contribution in [0.3, 0.4) is 0 Å². The summed E-state index contributed by atoms with van der Waals surface area (Å²) in [5.41, 5.74) is 7.78. The Morgan fingerprint density at radius 3 is 2.25 bits per heavy atom. The number of hydrogen-bond acceptors (Lipinski definition) is 4. The van der Waals surface area contributed by atoms with Gasteiger partial charge in [0.15, 0.2) is 5.82 Å². The van der Waals surface area contributed by atoms with Crippen molar-refractivity contribution in [2.24, 2.45) is 7.05 Å². The molecular weight excluding hydrogens is 252 g/mol. The molecule has 0 atom stereocenters. The number of ether oxygens (including phenoxy) is 1. The Kier molecular flexibility index (Phi) is 3.75. The van der Waals surface area contributed by atoms with Gasteiger partial charge in [-0.25, -0.2) is 0 Å². The van der Waals surface area contributed by atoms with Crippen molar-refractivity contribution in [3.63, 3.8) is 0 Å². The lowest BCUT2D eigenvalue weighted by Gasteiger charge is -2.47. The third-order valence-electron chi connectivity index (χ3n) is 3.61. The molecule has 0 unspecified atom stereocenters. The lowest BCUT2D eigenvalue weighted by atomic mass is 9.99. The number of nitrogen functional groups attached to an aromatic ring is 1. The average molecular weight is 280 g/mol. The van der Waals surface area contributed by atoms with E-state index in [0.29, 0.717) is 0 Å². The van der Waals surface area contributed by atoms with Gasteiger partial charge in [0.1, 0.15) is 0 Å². The molecule has 0 amide bonds. The summed E-state index contributed by atoms with van der Waals surface area (Å²) in [5, 5.41) is 4.58. The van der Waals surface area contributed by atoms with Crippen LogP contribution in [0.1, 0.15) is 46.7 Å². The molecule has 1 aliphatic rings. The number of hydrogen-bond donors (Lipinski definition) is 1. The number of morpholine rings is 1. The normalized spacial score (nSPS) is 21.2. The van der Waals surface area contributed by atoms with Crippen LogP contribution in [0.4, 0.5) is 11.5 Å². The molecule has 5 nitrogen and oxygen atoms in total. The van der Waals surface area contributed by atoms with E-state index in [9.17, 15) is 0 Å². The van der Waals surface area contributed by atoms with E-state index in [4.69, 9.17) is 10.5 Å². The first-order chi connectivity index (χ1) is 9.15. The van der Waals surface area contributed by atoms with Crippen LogP contribution in [0, 0.1) is 0 Å². The molecule has 1 fully saturated rings. The third-order valence-corrected chi connectivity index (χ3v) is 3.61. The van der Waals surface area contributed by atoms with Gasteiger partial charge in [-0.05, 0) is 34.1 Å². The highest BCUT2D eigenvalue weighted by atomic mass is 16.5. The van der Waals surface area contributed by atoms with Crippen LogP contribution in [0.2, 0.25) is 0 Å². The molecule has 0 radical (unpaired) electrons. The molecule has 1 aliphatic heterocycles. The standard InChI is InChI=1S/C15H28N4O/c1-7-8-11-12(16)13(18(6)17-11)19-9-14(2,3)20-15(4,5)10-19/h7-10,16H2,1-6H3. The molecule has 1 aromatic heterocycles. The highest BCUT2D eigenvalue weighted by molar-refractivity contribution is 5.67. The first kappa shape index (κ1) is 15.2. The quantitative estimate of drug-likeness (QED) is 0.923. The van der Waals surface area contributed by atoms with Crippen molar-refractivity contribution in [2.45, 2.75) is 58.7 Å². The van der Waals surface area contributed by atoms with Gasteiger partial charge in [-0.15, -0.1) is 0 Å². The summed E-state index contributed by atoms with van der Waals surface area (Å²) in [4.78, 5) is 2.31. The summed E-state index contributed by atoms with van der Waals surface area (Å²) in [6.45, 7) is 12.3. The molecular formula is C15H28N4O. The summed E-state index contributed by atoms with van der Waals surface area (Å²) in [6, 6.07) is 0. The monoisotopic (exact) mass is 280 g/mol. The number of aryl methyl sites for hydroxylation is 2. The maximum absolute atomic E-state index is 6.33. The zero-order valence-corrected chi connectivity index (χ0v) is 13.7. The Balaban J connectivity index is 2.36. The van der Waals surface area contributed by atoms with Gasteiger partial charge in [0.2, 0.25) is 0 Å². The Hall–Kier alpha value is -1.23. The van der Waals surface area contributed by atoms with Crippen LogP contribution in [0.5, 0.6) is 0 Å². The maximum Gasteiger partial charge on any atom is 0.150 e. The fourth-order valence-corrected chi connectivity index (χ4v) is 3.32. The van der Waals surface area contributed by atoms with E-state index in [1.54, 1.807) is 0 Å². The molecule has 2 N–H and O–H groups in total. The number of nitrogens with two attached hydrogens (primary N) is 1. The van der Waals surface area contributed by atoms with Gasteiger partial charge in [-0.2, -0.15) is 5.10 Å². The largest absolute Gasteiger partial charge is 0.394 e. The van der Waals surface area contributed by atoms with E-state index in [-0.39, 0.29) is 11.2 Å². The minimum absolute atomic E-state index is 0.191. The van der Waals surface area contributed by atoms with Gasteiger partial charge >= 0.3 is 0 Å². The number of nitrogens with zero attached hydrogens (tertiary/aromatic N) is 3. The number of aromatic nitrogens is 2. The van der Waals surface area contributed by atoms with Crippen LogP contribution >= 0.6 is 0 Å². The molecule has 20 heavy (non-hydrogen) atoms. The van der Waals surface area contributed by atoms with Crippen LogP contribution in [-0.4, -0.2) is 34.1 Å². The minimum atomic E-state index is -0.191. The second kappa shape index (κ2) is 4.95. The second-order valence-electron chi connectivity index (χ2n) is 7.04. The van der Waals surface area contributed by atoms with Gasteiger partial charge < -0.3 is 15.4 Å². The van der Waals surface area contributed by atoms with E-state index in [1.807, 2.05) is 11.7 Å². The van der Waals surface area contributed by atoms with Crippen LogP contribution < -0.4 is 10.6 Å². The van der Waals surface area contributed by atoms with E-state index >= 15 is 0 Å². The summed E-state index contributed by atoms with van der Waals surface area (Å²) in [7, 11) is 1.97. The second-order valence-corrected chi connectivity index (χ2v) is 7.04. The van der Waals surface area contributed by atoms with Crippen LogP contribution in [-0.2, 0) is 18.2 Å². The predicted octanol–water partition coefficient (Wildman–Crippen LogP) is 2.35. The molecule has 0 spiro atoms. The van der Waals surface area contributed by atoms with Gasteiger partial charge in [-0.1, -0.05) is 13.3 Å². The molecule has 0 aromatic carbocycles. The Morgan fingerprint density at radius 2 is 1.75 bits per heavy atom. The van der Waals surface area contributed by atoms with E-state index < -0.39 is 0 Å². The summed E-state index contributed by atoms with van der Waals surface area (Å²) < 4.78 is 8.05. The third kappa shape index (κ3) is 2.92. The molecule has 1 aromatic rings. The molecule has 1 saturated heterocycles. The van der Waals surface area contributed by atoms with Crippen molar-refractivity contribution in [2.75, 3.05) is 23.7 Å². The zero-order chi connectivity index (χ0) is 15.1. The fraction of sp³-hybridized carbons (Fsp3) is 0.800. The zero-order valence-electron chi connectivity index (χ0n) is 13.7. The smallest absolute Gasteiger partial charge is 0.150 e. The molecule has 114 valence electrons. The minimum Gasteiger partial charge on any atom is -0.394 e. The Bertz CT molecular complexity index is 474. The highest BCUT2D eigenvalue weighted by Gasteiger charge is 2.39. The van der Waals surface area contributed by atoms with Gasteiger partial charge in [0, 0.05) is 20.1 Å². The van der Waals surface area contributed by atoms with Crippen molar-refractivity contribution in [3.05, 3.63) is 5.69 Å². The summed E-state index contributed by atoms with van der Waals surface area (Å²) in [6.07, 6.45) is 1.98. The van der Waals surface area contributed by atoms with Crippen molar-refractivity contribution >= 4 is 11.5 Å². The lowest BCUT2D eigenvalue weighted by Crippen LogP contribution is -2.57. The molecule has 0 saturated carbocycles. The number of rotatable bonds is 3. The van der Waals surface area contributed by atoms with Gasteiger partial charge in [-0.3, -0.25) is 4.68 Å². The maximum atomic E-state index is 6.33. The van der Waals surface area contributed by atoms with Crippen molar-refractivity contribution in [3.8, 4) is 0 Å². The first-order valence-corrected chi connectivity index (χ1v) is 7.42. The molecule has 0 aliphatic carbocycles.